The van der Waals surface area contributed by atoms with Crippen LogP contribution < -0.4 is 5.73 Å². The second-order valence-electron chi connectivity index (χ2n) is 5.68. The lowest BCUT2D eigenvalue weighted by molar-refractivity contribution is 1.13. The van der Waals surface area contributed by atoms with Gasteiger partial charge in [0.05, 0.1) is 0 Å². The fourth-order valence-electron chi connectivity index (χ4n) is 2.74. The Morgan fingerprint density at radius 1 is 1.20 bits per heavy atom. The van der Waals surface area contributed by atoms with Crippen molar-refractivity contribution in [3.8, 4) is 11.3 Å². The molecule has 0 saturated heterocycles. The molecule has 0 radical (unpaired) electrons. The van der Waals surface area contributed by atoms with E-state index < -0.39 is 0 Å². The van der Waals surface area contributed by atoms with Crippen molar-refractivity contribution < 1.29 is 0 Å². The highest BCUT2D eigenvalue weighted by atomic mass is 15.1. The van der Waals surface area contributed by atoms with Gasteiger partial charge in [-0.05, 0) is 48.9 Å². The summed E-state index contributed by atoms with van der Waals surface area (Å²) in [5.74, 6) is 1.46. The Balaban J connectivity index is 1.89. The minimum absolute atomic E-state index is 0.719. The van der Waals surface area contributed by atoms with E-state index in [1.807, 2.05) is 16.7 Å². The van der Waals surface area contributed by atoms with Crippen molar-refractivity contribution in [3.63, 3.8) is 0 Å². The van der Waals surface area contributed by atoms with Crippen LogP contribution in [0.4, 0.5) is 5.82 Å². The van der Waals surface area contributed by atoms with Crippen LogP contribution in [0.2, 0.25) is 0 Å². The molecular weight excluding hydrogens is 246 g/mol. The molecule has 20 heavy (non-hydrogen) atoms. The molecule has 3 aromatic rings. The molecule has 2 heterocycles. The number of nitrogens with zero attached hydrogens (tertiary/aromatic N) is 2. The van der Waals surface area contributed by atoms with Crippen LogP contribution in [-0.4, -0.2) is 9.38 Å². The number of hydrogen-bond acceptors (Lipinski definition) is 2. The van der Waals surface area contributed by atoms with Crippen molar-refractivity contribution in [2.24, 2.45) is 0 Å². The fraction of sp³-hybridized carbons (Fsp3) is 0.235. The normalized spacial score (nSPS) is 14.8. The zero-order valence-corrected chi connectivity index (χ0v) is 11.5. The maximum absolute atomic E-state index is 6.28. The number of hydrogen-bond donors (Lipinski definition) is 1. The molecule has 2 aromatic heterocycles. The highest BCUT2D eigenvalue weighted by Gasteiger charge is 2.24. The van der Waals surface area contributed by atoms with Crippen LogP contribution >= 0.6 is 0 Å². The highest BCUT2D eigenvalue weighted by Crippen LogP contribution is 2.41. The molecule has 3 nitrogen and oxygen atoms in total. The lowest BCUT2D eigenvalue weighted by Gasteiger charge is -2.03. The van der Waals surface area contributed by atoms with Gasteiger partial charge in [-0.1, -0.05) is 24.3 Å². The average Bonchev–Trinajstić information content (AvgIpc) is 3.26. The number of aromatic nitrogens is 2. The molecule has 3 heteroatoms. The third kappa shape index (κ3) is 1.78. The molecule has 4 rings (SSSR count). The molecule has 1 fully saturated rings. The summed E-state index contributed by atoms with van der Waals surface area (Å²) in [4.78, 5) is 4.68. The van der Waals surface area contributed by atoms with Gasteiger partial charge in [0.1, 0.15) is 17.2 Å². The van der Waals surface area contributed by atoms with Gasteiger partial charge in [-0.15, -0.1) is 0 Å². The summed E-state index contributed by atoms with van der Waals surface area (Å²) in [5.41, 5.74) is 11.8. The topological polar surface area (TPSA) is 43.3 Å². The molecule has 0 aliphatic heterocycles. The minimum atomic E-state index is 0.719. The van der Waals surface area contributed by atoms with Crippen molar-refractivity contribution in [2.45, 2.75) is 25.7 Å². The lowest BCUT2D eigenvalue weighted by atomic mass is 10.1. The van der Waals surface area contributed by atoms with E-state index in [9.17, 15) is 0 Å². The predicted molar refractivity (Wildman–Crippen MR) is 81.8 cm³/mol. The number of benzene rings is 1. The smallest absolute Gasteiger partial charge is 0.139 e. The average molecular weight is 263 g/mol. The third-order valence-corrected chi connectivity index (χ3v) is 4.01. The van der Waals surface area contributed by atoms with E-state index >= 15 is 0 Å². The van der Waals surface area contributed by atoms with E-state index in [-0.39, 0.29) is 0 Å². The Kier molecular flexibility index (Phi) is 2.36. The number of fused-ring (bicyclic) bond motifs is 1. The van der Waals surface area contributed by atoms with Crippen molar-refractivity contribution in [1.29, 1.82) is 0 Å². The van der Waals surface area contributed by atoms with Gasteiger partial charge >= 0.3 is 0 Å². The van der Waals surface area contributed by atoms with Gasteiger partial charge in [0.15, 0.2) is 0 Å². The Morgan fingerprint density at radius 3 is 2.85 bits per heavy atom. The summed E-state index contributed by atoms with van der Waals surface area (Å²) in [5, 5.41) is 0. The van der Waals surface area contributed by atoms with E-state index in [4.69, 9.17) is 5.73 Å². The molecule has 0 unspecified atom stereocenters. The van der Waals surface area contributed by atoms with Crippen LogP contribution in [-0.2, 0) is 0 Å². The van der Waals surface area contributed by atoms with Gasteiger partial charge in [0, 0.05) is 11.8 Å². The largest absolute Gasteiger partial charge is 0.383 e. The summed E-state index contributed by atoms with van der Waals surface area (Å²) in [6, 6.07) is 12.7. The van der Waals surface area contributed by atoms with Crippen molar-refractivity contribution in [3.05, 3.63) is 53.7 Å². The Labute approximate surface area is 118 Å². The summed E-state index contributed by atoms with van der Waals surface area (Å²) in [6.45, 7) is 2.06. The van der Waals surface area contributed by atoms with E-state index in [2.05, 4.69) is 42.2 Å². The molecule has 1 aliphatic rings. The van der Waals surface area contributed by atoms with Gasteiger partial charge in [0.25, 0.3) is 0 Å². The SMILES string of the molecule is Cc1ccc2nc(-c3cccc(C4CC4)c3)c(N)n2c1. The first-order chi connectivity index (χ1) is 9.72. The number of anilines is 1. The van der Waals surface area contributed by atoms with Crippen LogP contribution in [0.1, 0.15) is 29.9 Å². The monoisotopic (exact) mass is 263 g/mol. The van der Waals surface area contributed by atoms with Gasteiger partial charge in [-0.25, -0.2) is 4.98 Å². The summed E-state index contributed by atoms with van der Waals surface area (Å²) >= 11 is 0. The molecule has 0 spiro atoms. The van der Waals surface area contributed by atoms with Gasteiger partial charge in [-0.2, -0.15) is 0 Å². The standard InChI is InChI=1S/C17H17N3/c1-11-5-8-15-19-16(17(18)20(15)10-11)14-4-2-3-13(9-14)12-6-7-12/h2-5,8-10,12H,6-7,18H2,1H3. The van der Waals surface area contributed by atoms with Crippen LogP contribution in [0.3, 0.4) is 0 Å². The number of nitrogen functional groups attached to an aromatic ring is 1. The first-order valence-corrected chi connectivity index (χ1v) is 7.07. The first kappa shape index (κ1) is 11.5. The molecule has 1 saturated carbocycles. The van der Waals surface area contributed by atoms with E-state index in [0.717, 1.165) is 28.6 Å². The van der Waals surface area contributed by atoms with Crippen molar-refractivity contribution in [1.82, 2.24) is 9.38 Å². The van der Waals surface area contributed by atoms with Crippen LogP contribution in [0.15, 0.2) is 42.6 Å². The van der Waals surface area contributed by atoms with Crippen molar-refractivity contribution >= 4 is 11.5 Å². The summed E-state index contributed by atoms with van der Waals surface area (Å²) < 4.78 is 1.97. The number of aryl methyl sites for hydroxylation is 1. The molecule has 1 aliphatic carbocycles. The van der Waals surface area contributed by atoms with Crippen LogP contribution in [0.5, 0.6) is 0 Å². The Hall–Kier alpha value is -2.29. The number of rotatable bonds is 2. The number of nitrogens with two attached hydrogens (primary N) is 1. The predicted octanol–water partition coefficient (Wildman–Crippen LogP) is 3.77. The van der Waals surface area contributed by atoms with Crippen LogP contribution in [0.25, 0.3) is 16.9 Å². The Bertz CT molecular complexity index is 797. The van der Waals surface area contributed by atoms with E-state index in [1.54, 1.807) is 0 Å². The zero-order valence-electron chi connectivity index (χ0n) is 11.5. The molecule has 100 valence electrons. The van der Waals surface area contributed by atoms with Gasteiger partial charge in [-0.3, -0.25) is 4.40 Å². The van der Waals surface area contributed by atoms with E-state index in [0.29, 0.717) is 0 Å². The second kappa shape index (κ2) is 4.10. The summed E-state index contributed by atoms with van der Waals surface area (Å²) in [7, 11) is 0. The lowest BCUT2D eigenvalue weighted by Crippen LogP contribution is -1.94. The quantitative estimate of drug-likeness (QED) is 0.764. The van der Waals surface area contributed by atoms with Gasteiger partial charge in [0.2, 0.25) is 0 Å². The molecule has 0 atom stereocenters. The third-order valence-electron chi connectivity index (χ3n) is 4.01. The first-order valence-electron chi connectivity index (χ1n) is 7.07. The number of pyridine rings is 1. The maximum Gasteiger partial charge on any atom is 0.139 e. The molecule has 0 amide bonds. The minimum Gasteiger partial charge on any atom is -0.383 e. The molecule has 2 N–H and O–H groups in total. The maximum atomic E-state index is 6.28. The van der Waals surface area contributed by atoms with Crippen LogP contribution in [0, 0.1) is 6.92 Å². The number of imidazole rings is 1. The zero-order chi connectivity index (χ0) is 13.7. The second-order valence-corrected chi connectivity index (χ2v) is 5.68. The molecule has 1 aromatic carbocycles. The Morgan fingerprint density at radius 2 is 2.05 bits per heavy atom. The molecular formula is C17H17N3. The molecule has 0 bridgehead atoms. The van der Waals surface area contributed by atoms with Crippen molar-refractivity contribution in [2.75, 3.05) is 5.73 Å². The van der Waals surface area contributed by atoms with Gasteiger partial charge < -0.3 is 5.73 Å². The van der Waals surface area contributed by atoms with E-state index in [1.165, 1.54) is 24.0 Å². The fourth-order valence-corrected chi connectivity index (χ4v) is 2.74. The highest BCUT2D eigenvalue weighted by molar-refractivity contribution is 5.75. The summed E-state index contributed by atoms with van der Waals surface area (Å²) in [6.07, 6.45) is 4.65.